The first-order valence-electron chi connectivity index (χ1n) is 11.0. The Bertz CT molecular complexity index is 450. The number of hydrogen-bond acceptors (Lipinski definition) is 4. The zero-order valence-electron chi connectivity index (χ0n) is 17.4. The molecule has 2 unspecified atom stereocenters. The Morgan fingerprint density at radius 2 is 1.21 bits per heavy atom. The Morgan fingerprint density at radius 1 is 0.750 bits per heavy atom. The monoisotopic (exact) mass is 398 g/mol. The highest BCUT2D eigenvalue weighted by molar-refractivity contribution is 5.69. The van der Waals surface area contributed by atoms with E-state index >= 15 is 0 Å². The van der Waals surface area contributed by atoms with Gasteiger partial charge in [-0.25, -0.2) is 0 Å². The minimum Gasteiger partial charge on any atom is -0.481 e. The number of aliphatic carboxylic acids is 2. The summed E-state index contributed by atoms with van der Waals surface area (Å²) in [4.78, 5) is 33.7. The van der Waals surface area contributed by atoms with Crippen molar-refractivity contribution in [3.8, 4) is 0 Å². The summed E-state index contributed by atoms with van der Waals surface area (Å²) in [7, 11) is 0. The van der Waals surface area contributed by atoms with E-state index in [-0.39, 0.29) is 18.8 Å². The Kier molecular flexibility index (Phi) is 12.6. The third kappa shape index (κ3) is 12.0. The third-order valence-electron chi connectivity index (χ3n) is 5.80. The molecule has 2 N–H and O–H groups in total. The van der Waals surface area contributed by atoms with E-state index in [2.05, 4.69) is 6.92 Å². The van der Waals surface area contributed by atoms with E-state index in [4.69, 9.17) is 14.9 Å². The molecule has 0 aromatic rings. The van der Waals surface area contributed by atoms with Gasteiger partial charge >= 0.3 is 17.9 Å². The summed E-state index contributed by atoms with van der Waals surface area (Å²) in [6.45, 7) is 2.67. The SMILES string of the molecule is CCCCCCCOC(=O)CCC1CC(CCC(=O)O)CC(CCC(=O)O)C1. The summed E-state index contributed by atoms with van der Waals surface area (Å²) in [5.74, 6) is -0.751. The number of unbranched alkanes of at least 4 members (excludes halogenated alkanes) is 4. The number of hydrogen-bond donors (Lipinski definition) is 2. The number of rotatable bonds is 15. The van der Waals surface area contributed by atoms with Crippen molar-refractivity contribution in [2.75, 3.05) is 6.61 Å². The highest BCUT2D eigenvalue weighted by Crippen LogP contribution is 2.39. The molecule has 1 saturated carbocycles. The molecule has 1 aliphatic rings. The molecule has 6 heteroatoms. The molecule has 1 rings (SSSR count). The van der Waals surface area contributed by atoms with E-state index in [1.165, 1.54) is 19.3 Å². The Balaban J connectivity index is 2.35. The lowest BCUT2D eigenvalue weighted by molar-refractivity contribution is -0.144. The smallest absolute Gasteiger partial charge is 0.305 e. The molecule has 1 fully saturated rings. The number of carbonyl (C=O) groups excluding carboxylic acids is 1. The van der Waals surface area contributed by atoms with Crippen LogP contribution in [-0.2, 0) is 19.1 Å². The summed E-state index contributed by atoms with van der Waals surface area (Å²) in [6.07, 6.45) is 11.1. The number of ether oxygens (including phenoxy) is 1. The molecule has 28 heavy (non-hydrogen) atoms. The van der Waals surface area contributed by atoms with Gasteiger partial charge in [0.25, 0.3) is 0 Å². The van der Waals surface area contributed by atoms with Crippen molar-refractivity contribution in [1.82, 2.24) is 0 Å². The molecule has 6 nitrogen and oxygen atoms in total. The number of carboxylic acid groups (broad SMARTS) is 2. The second kappa shape index (κ2) is 14.4. The van der Waals surface area contributed by atoms with Gasteiger partial charge in [0.1, 0.15) is 0 Å². The number of carboxylic acids is 2. The van der Waals surface area contributed by atoms with Crippen LogP contribution in [0.1, 0.15) is 96.8 Å². The van der Waals surface area contributed by atoms with Crippen molar-refractivity contribution in [1.29, 1.82) is 0 Å². The van der Waals surface area contributed by atoms with Crippen LogP contribution in [0.5, 0.6) is 0 Å². The van der Waals surface area contributed by atoms with Crippen LogP contribution in [-0.4, -0.2) is 34.7 Å². The van der Waals surface area contributed by atoms with Crippen LogP contribution in [0.2, 0.25) is 0 Å². The Labute approximate surface area is 169 Å². The molecule has 0 aromatic heterocycles. The molecule has 162 valence electrons. The molecular weight excluding hydrogens is 360 g/mol. The van der Waals surface area contributed by atoms with Gasteiger partial charge in [-0.05, 0) is 62.7 Å². The fourth-order valence-corrected chi connectivity index (χ4v) is 4.35. The van der Waals surface area contributed by atoms with Gasteiger partial charge in [-0.2, -0.15) is 0 Å². The second-order valence-corrected chi connectivity index (χ2v) is 8.34. The van der Waals surface area contributed by atoms with Crippen LogP contribution < -0.4 is 0 Å². The molecule has 0 heterocycles. The van der Waals surface area contributed by atoms with Crippen LogP contribution in [0.4, 0.5) is 0 Å². The highest BCUT2D eigenvalue weighted by atomic mass is 16.5. The average molecular weight is 399 g/mol. The first-order valence-corrected chi connectivity index (χ1v) is 11.0. The normalized spacial score (nSPS) is 22.0. The van der Waals surface area contributed by atoms with E-state index < -0.39 is 11.9 Å². The molecule has 0 bridgehead atoms. The molecule has 2 atom stereocenters. The number of esters is 1. The maximum absolute atomic E-state index is 12.0. The van der Waals surface area contributed by atoms with Gasteiger partial charge in [-0.1, -0.05) is 32.6 Å². The average Bonchev–Trinajstić information content (AvgIpc) is 2.65. The standard InChI is InChI=1S/C22H38O6/c1-2-3-4-5-6-13-28-22(27)12-9-19-15-17(7-10-20(23)24)14-18(16-19)8-11-21(25)26/h17-19H,2-16H2,1H3,(H,23,24)(H,25,26). The van der Waals surface area contributed by atoms with Crippen molar-refractivity contribution < 1.29 is 29.3 Å². The fraction of sp³-hybridized carbons (Fsp3) is 0.864. The van der Waals surface area contributed by atoms with Gasteiger partial charge in [0, 0.05) is 19.3 Å². The van der Waals surface area contributed by atoms with Crippen molar-refractivity contribution >= 4 is 17.9 Å². The van der Waals surface area contributed by atoms with E-state index in [9.17, 15) is 14.4 Å². The van der Waals surface area contributed by atoms with Gasteiger partial charge in [0.15, 0.2) is 0 Å². The van der Waals surface area contributed by atoms with Crippen molar-refractivity contribution in [3.05, 3.63) is 0 Å². The molecule has 0 aromatic carbocycles. The maximum atomic E-state index is 12.0. The van der Waals surface area contributed by atoms with Crippen molar-refractivity contribution in [2.45, 2.75) is 96.8 Å². The first-order chi connectivity index (χ1) is 13.4. The van der Waals surface area contributed by atoms with Crippen LogP contribution in [0.3, 0.4) is 0 Å². The topological polar surface area (TPSA) is 101 Å². The number of carbonyl (C=O) groups is 3. The van der Waals surface area contributed by atoms with Crippen LogP contribution in [0.15, 0.2) is 0 Å². The Morgan fingerprint density at radius 3 is 1.68 bits per heavy atom. The predicted molar refractivity (Wildman–Crippen MR) is 107 cm³/mol. The summed E-state index contributed by atoms with van der Waals surface area (Å²) in [6, 6.07) is 0. The highest BCUT2D eigenvalue weighted by Gasteiger charge is 2.29. The summed E-state index contributed by atoms with van der Waals surface area (Å²) in [5, 5.41) is 17.9. The quantitative estimate of drug-likeness (QED) is 0.296. The minimum absolute atomic E-state index is 0.148. The molecule has 0 aliphatic heterocycles. The van der Waals surface area contributed by atoms with Crippen LogP contribution in [0, 0.1) is 17.8 Å². The van der Waals surface area contributed by atoms with Gasteiger partial charge in [0.05, 0.1) is 6.61 Å². The van der Waals surface area contributed by atoms with Gasteiger partial charge in [-0.3, -0.25) is 14.4 Å². The first kappa shape index (κ1) is 24.4. The lowest BCUT2D eigenvalue weighted by Gasteiger charge is -2.35. The van der Waals surface area contributed by atoms with Crippen molar-refractivity contribution in [2.24, 2.45) is 17.8 Å². The summed E-state index contributed by atoms with van der Waals surface area (Å²) >= 11 is 0. The molecular formula is C22H38O6. The molecule has 1 aliphatic carbocycles. The van der Waals surface area contributed by atoms with E-state index in [0.717, 1.165) is 38.5 Å². The maximum Gasteiger partial charge on any atom is 0.305 e. The van der Waals surface area contributed by atoms with Crippen LogP contribution >= 0.6 is 0 Å². The van der Waals surface area contributed by atoms with Crippen LogP contribution in [0.25, 0.3) is 0 Å². The largest absolute Gasteiger partial charge is 0.481 e. The molecule has 0 saturated heterocycles. The second-order valence-electron chi connectivity index (χ2n) is 8.34. The van der Waals surface area contributed by atoms with E-state index in [1.54, 1.807) is 0 Å². The zero-order chi connectivity index (χ0) is 20.8. The zero-order valence-corrected chi connectivity index (χ0v) is 17.4. The van der Waals surface area contributed by atoms with Crippen molar-refractivity contribution in [3.63, 3.8) is 0 Å². The fourth-order valence-electron chi connectivity index (χ4n) is 4.35. The lowest BCUT2D eigenvalue weighted by Crippen LogP contribution is -2.25. The minimum atomic E-state index is -0.785. The van der Waals surface area contributed by atoms with Gasteiger partial charge in [-0.15, -0.1) is 0 Å². The summed E-state index contributed by atoms with van der Waals surface area (Å²) < 4.78 is 5.33. The van der Waals surface area contributed by atoms with E-state index in [1.807, 2.05) is 0 Å². The van der Waals surface area contributed by atoms with Gasteiger partial charge in [0.2, 0.25) is 0 Å². The van der Waals surface area contributed by atoms with Gasteiger partial charge < -0.3 is 14.9 Å². The molecule has 0 radical (unpaired) electrons. The summed E-state index contributed by atoms with van der Waals surface area (Å²) in [5.41, 5.74) is 0. The molecule has 0 amide bonds. The van der Waals surface area contributed by atoms with E-state index in [0.29, 0.717) is 43.6 Å². The molecule has 0 spiro atoms. The Hall–Kier alpha value is -1.59. The predicted octanol–water partition coefficient (Wildman–Crippen LogP) is 5.04. The lowest BCUT2D eigenvalue weighted by atomic mass is 9.71. The third-order valence-corrected chi connectivity index (χ3v) is 5.80.